The van der Waals surface area contributed by atoms with Crippen molar-refractivity contribution in [3.05, 3.63) is 58.4 Å². The van der Waals surface area contributed by atoms with Crippen LogP contribution in [0.15, 0.2) is 41.5 Å². The first kappa shape index (κ1) is 23.2. The summed E-state index contributed by atoms with van der Waals surface area (Å²) in [6, 6.07) is 7.70. The predicted octanol–water partition coefficient (Wildman–Crippen LogP) is 3.32. The minimum Gasteiger partial charge on any atom is -0.497 e. The van der Waals surface area contributed by atoms with Crippen LogP contribution in [-0.2, 0) is 11.3 Å². The van der Waals surface area contributed by atoms with Crippen molar-refractivity contribution in [2.75, 3.05) is 45.9 Å². The number of anilines is 1. The number of fused-ring (bicyclic) bond motifs is 3. The number of aromatic nitrogens is 4. The number of imidazole rings is 1. The molecule has 9 nitrogen and oxygen atoms in total. The van der Waals surface area contributed by atoms with Crippen LogP contribution in [0.5, 0.6) is 11.5 Å². The average Bonchev–Trinajstić information content (AvgIpc) is 3.29. The first-order chi connectivity index (χ1) is 16.9. The third-order valence-electron chi connectivity index (χ3n) is 6.59. The van der Waals surface area contributed by atoms with Gasteiger partial charge in [0.1, 0.15) is 17.0 Å². The highest BCUT2D eigenvalue weighted by atomic mass is 16.5. The molecule has 1 saturated heterocycles. The molecule has 0 spiro atoms. The van der Waals surface area contributed by atoms with Gasteiger partial charge < -0.3 is 19.1 Å². The van der Waals surface area contributed by atoms with Gasteiger partial charge in [-0.25, -0.2) is 19.2 Å². The van der Waals surface area contributed by atoms with Crippen LogP contribution in [0.1, 0.15) is 31.0 Å². The van der Waals surface area contributed by atoms with Crippen LogP contribution in [0.25, 0.3) is 16.7 Å². The molecule has 0 amide bonds. The van der Waals surface area contributed by atoms with E-state index in [-0.39, 0.29) is 11.6 Å². The van der Waals surface area contributed by atoms with Crippen molar-refractivity contribution in [3.63, 3.8) is 0 Å². The Hall–Kier alpha value is -3.59. The zero-order valence-corrected chi connectivity index (χ0v) is 20.8. The zero-order valence-electron chi connectivity index (χ0n) is 20.8. The molecule has 184 valence electrons. The summed E-state index contributed by atoms with van der Waals surface area (Å²) in [5.41, 5.74) is 4.61. The van der Waals surface area contributed by atoms with Gasteiger partial charge in [0, 0.05) is 38.4 Å². The van der Waals surface area contributed by atoms with Crippen LogP contribution < -0.4 is 20.1 Å². The van der Waals surface area contributed by atoms with E-state index in [4.69, 9.17) is 24.2 Å². The molecule has 0 aliphatic carbocycles. The predicted molar refractivity (Wildman–Crippen MR) is 135 cm³/mol. The van der Waals surface area contributed by atoms with Gasteiger partial charge in [0.05, 0.1) is 50.5 Å². The van der Waals surface area contributed by atoms with E-state index in [1.165, 1.54) is 0 Å². The van der Waals surface area contributed by atoms with Crippen molar-refractivity contribution in [2.24, 2.45) is 5.92 Å². The summed E-state index contributed by atoms with van der Waals surface area (Å²) in [6.45, 7) is 7.02. The number of pyridine rings is 1. The highest BCUT2D eigenvalue weighted by Gasteiger charge is 2.28. The van der Waals surface area contributed by atoms with E-state index in [1.54, 1.807) is 30.3 Å². The minimum atomic E-state index is -0.159. The summed E-state index contributed by atoms with van der Waals surface area (Å²) >= 11 is 0. The maximum absolute atomic E-state index is 13.8. The van der Waals surface area contributed by atoms with Gasteiger partial charge in [-0.1, -0.05) is 13.8 Å². The summed E-state index contributed by atoms with van der Waals surface area (Å²) in [7, 11) is 4.96. The molecule has 3 aromatic heterocycles. The van der Waals surface area contributed by atoms with Gasteiger partial charge in [-0.3, -0.25) is 4.57 Å². The Kier molecular flexibility index (Phi) is 6.10. The molecule has 9 heteroatoms. The van der Waals surface area contributed by atoms with Crippen LogP contribution in [0.3, 0.4) is 0 Å². The smallest absolute Gasteiger partial charge is 0.334 e. The van der Waals surface area contributed by atoms with Crippen LogP contribution in [-0.4, -0.2) is 60.0 Å². The largest absolute Gasteiger partial charge is 0.497 e. The van der Waals surface area contributed by atoms with E-state index in [2.05, 4.69) is 18.7 Å². The SMILES string of the molecule is COCC1CN(c2cnc3c(c2)n(Cc2cc(OC)cc(OC)c2)c(=O)n2cc(C(C)C)nc32)C1. The first-order valence-electron chi connectivity index (χ1n) is 11.8. The third kappa shape index (κ3) is 4.20. The molecular weight excluding hydrogens is 446 g/mol. The number of nitrogens with zero attached hydrogens (tertiary/aromatic N) is 5. The molecule has 0 N–H and O–H groups in total. The highest BCUT2D eigenvalue weighted by molar-refractivity contribution is 5.89. The lowest BCUT2D eigenvalue weighted by Crippen LogP contribution is -2.48. The van der Waals surface area contributed by atoms with Crippen molar-refractivity contribution in [2.45, 2.75) is 26.3 Å². The summed E-state index contributed by atoms with van der Waals surface area (Å²) in [6.07, 6.45) is 3.70. The molecule has 1 fully saturated rings. The minimum absolute atomic E-state index is 0.159. The number of hydrogen-bond donors (Lipinski definition) is 0. The van der Waals surface area contributed by atoms with E-state index in [0.717, 1.165) is 42.2 Å². The van der Waals surface area contributed by atoms with Gasteiger partial charge in [-0.2, -0.15) is 0 Å². The molecule has 4 aromatic rings. The van der Waals surface area contributed by atoms with Gasteiger partial charge >= 0.3 is 5.69 Å². The van der Waals surface area contributed by atoms with Crippen molar-refractivity contribution in [1.29, 1.82) is 0 Å². The Bertz CT molecular complexity index is 1410. The fourth-order valence-corrected chi connectivity index (χ4v) is 4.63. The number of benzene rings is 1. The molecule has 1 aliphatic rings. The third-order valence-corrected chi connectivity index (χ3v) is 6.59. The number of rotatable bonds is 8. The van der Waals surface area contributed by atoms with Crippen molar-refractivity contribution >= 4 is 22.4 Å². The van der Waals surface area contributed by atoms with Crippen molar-refractivity contribution in [3.8, 4) is 11.5 Å². The zero-order chi connectivity index (χ0) is 24.7. The molecule has 0 bridgehead atoms. The van der Waals surface area contributed by atoms with E-state index in [1.807, 2.05) is 36.7 Å². The first-order valence-corrected chi connectivity index (χ1v) is 11.8. The Balaban J connectivity index is 1.67. The molecule has 0 atom stereocenters. The van der Waals surface area contributed by atoms with E-state index >= 15 is 0 Å². The highest BCUT2D eigenvalue weighted by Crippen LogP contribution is 2.29. The molecule has 0 radical (unpaired) electrons. The molecule has 0 unspecified atom stereocenters. The molecule has 5 rings (SSSR count). The van der Waals surface area contributed by atoms with Crippen LogP contribution in [0.2, 0.25) is 0 Å². The Morgan fingerprint density at radius 3 is 2.40 bits per heavy atom. The van der Waals surface area contributed by atoms with Crippen LogP contribution >= 0.6 is 0 Å². The van der Waals surface area contributed by atoms with Crippen LogP contribution in [0.4, 0.5) is 5.69 Å². The lowest BCUT2D eigenvalue weighted by Gasteiger charge is -2.40. The Labute approximate surface area is 203 Å². The van der Waals surface area contributed by atoms with Gasteiger partial charge in [0.25, 0.3) is 0 Å². The maximum atomic E-state index is 13.8. The second-order valence-corrected chi connectivity index (χ2v) is 9.39. The Morgan fingerprint density at radius 1 is 1.06 bits per heavy atom. The molecule has 35 heavy (non-hydrogen) atoms. The van der Waals surface area contributed by atoms with Gasteiger partial charge in [-0.15, -0.1) is 0 Å². The topological polar surface area (TPSA) is 83.1 Å². The summed E-state index contributed by atoms with van der Waals surface area (Å²) in [5.74, 6) is 2.04. The average molecular weight is 478 g/mol. The van der Waals surface area contributed by atoms with Gasteiger partial charge in [0.15, 0.2) is 5.65 Å². The van der Waals surface area contributed by atoms with Gasteiger partial charge in [0.2, 0.25) is 0 Å². The maximum Gasteiger partial charge on any atom is 0.334 e. The van der Waals surface area contributed by atoms with E-state index in [9.17, 15) is 4.79 Å². The number of methoxy groups -OCH3 is 3. The lowest BCUT2D eigenvalue weighted by atomic mass is 10.0. The van der Waals surface area contributed by atoms with Crippen LogP contribution in [0, 0.1) is 5.92 Å². The molecule has 0 saturated carbocycles. The second-order valence-electron chi connectivity index (χ2n) is 9.39. The fourth-order valence-electron chi connectivity index (χ4n) is 4.63. The number of ether oxygens (including phenoxy) is 3. The van der Waals surface area contributed by atoms with E-state index in [0.29, 0.717) is 35.1 Å². The summed E-state index contributed by atoms with van der Waals surface area (Å²) in [5, 5.41) is 0. The molecular formula is C26H31N5O4. The van der Waals surface area contributed by atoms with Crippen molar-refractivity contribution in [1.82, 2.24) is 18.9 Å². The van der Waals surface area contributed by atoms with Crippen molar-refractivity contribution < 1.29 is 14.2 Å². The molecule has 1 aliphatic heterocycles. The summed E-state index contributed by atoms with van der Waals surface area (Å²) < 4.78 is 19.5. The van der Waals surface area contributed by atoms with Gasteiger partial charge in [-0.05, 0) is 29.7 Å². The normalized spacial score (nSPS) is 14.2. The monoisotopic (exact) mass is 477 g/mol. The Morgan fingerprint density at radius 2 is 1.77 bits per heavy atom. The standard InChI is InChI=1S/C26H31N5O4/c1-16(2)22-14-31-25(28-22)24-23(8-19(10-27-24)29-11-18(12-29)15-33-3)30(26(31)32)13-17-6-20(34-4)9-21(7-17)35-5/h6-10,14,16,18H,11-13,15H2,1-5H3. The lowest BCUT2D eigenvalue weighted by molar-refractivity contribution is 0.137. The molecule has 4 heterocycles. The summed E-state index contributed by atoms with van der Waals surface area (Å²) in [4.78, 5) is 25.6. The second kappa shape index (κ2) is 9.22. The fraction of sp³-hybridized carbons (Fsp3) is 0.423. The molecule has 1 aromatic carbocycles. The number of hydrogen-bond acceptors (Lipinski definition) is 7. The quantitative estimate of drug-likeness (QED) is 0.385. The van der Waals surface area contributed by atoms with E-state index < -0.39 is 0 Å².